The predicted octanol–water partition coefficient (Wildman–Crippen LogP) is 3.75. The average Bonchev–Trinajstić information content (AvgIpc) is 2.80. The largest absolute Gasteiger partial charge is 0.354 e. The molecule has 29 heavy (non-hydrogen) atoms. The first-order valence-corrected chi connectivity index (χ1v) is 10.00. The smallest absolute Gasteiger partial charge is 0.255 e. The summed E-state index contributed by atoms with van der Waals surface area (Å²) in [4.78, 5) is 25.8. The maximum absolute atomic E-state index is 13.0. The minimum Gasteiger partial charge on any atom is -0.354 e. The van der Waals surface area contributed by atoms with Gasteiger partial charge in [0, 0.05) is 44.3 Å². The number of pyridine rings is 2. The van der Waals surface area contributed by atoms with E-state index in [9.17, 15) is 4.79 Å². The van der Waals surface area contributed by atoms with E-state index >= 15 is 0 Å². The molecular weight excluding hydrogens is 362 g/mol. The van der Waals surface area contributed by atoms with E-state index in [4.69, 9.17) is 0 Å². The van der Waals surface area contributed by atoms with Crippen LogP contribution in [0.3, 0.4) is 0 Å². The zero-order valence-corrected chi connectivity index (χ0v) is 16.6. The van der Waals surface area contributed by atoms with Crippen LogP contribution in [0.15, 0.2) is 67.1 Å². The summed E-state index contributed by atoms with van der Waals surface area (Å²) in [7, 11) is 0. The molecular formula is C23H25N5O. The summed E-state index contributed by atoms with van der Waals surface area (Å²) >= 11 is 0. The van der Waals surface area contributed by atoms with Crippen LogP contribution in [0.25, 0.3) is 0 Å². The zero-order chi connectivity index (χ0) is 20.1. The molecule has 1 aliphatic heterocycles. The molecule has 3 heterocycles. The normalized spacial score (nSPS) is 14.0. The second kappa shape index (κ2) is 8.73. The number of carbonyl (C=O) groups excluding carboxylic acids is 1. The van der Waals surface area contributed by atoms with Gasteiger partial charge < -0.3 is 15.1 Å². The van der Waals surface area contributed by atoms with Crippen LogP contribution in [0.5, 0.6) is 0 Å². The average molecular weight is 387 g/mol. The summed E-state index contributed by atoms with van der Waals surface area (Å²) < 4.78 is 0. The summed E-state index contributed by atoms with van der Waals surface area (Å²) in [6.45, 7) is 5.02. The topological polar surface area (TPSA) is 61.4 Å². The number of amides is 1. The highest BCUT2D eigenvalue weighted by Gasteiger charge is 2.23. The number of para-hydroxylation sites is 1. The Balaban J connectivity index is 1.43. The fourth-order valence-electron chi connectivity index (χ4n) is 3.59. The van der Waals surface area contributed by atoms with E-state index < -0.39 is 0 Å². The number of hydrogen-bond donors (Lipinski definition) is 1. The Morgan fingerprint density at radius 3 is 2.59 bits per heavy atom. The highest BCUT2D eigenvalue weighted by atomic mass is 16.2. The third kappa shape index (κ3) is 4.37. The highest BCUT2D eigenvalue weighted by molar-refractivity contribution is 5.95. The van der Waals surface area contributed by atoms with Crippen LogP contribution in [0.4, 0.5) is 17.2 Å². The van der Waals surface area contributed by atoms with E-state index in [2.05, 4.69) is 33.2 Å². The number of nitrogens with zero attached hydrogens (tertiary/aromatic N) is 4. The molecule has 0 aliphatic carbocycles. The third-order valence-corrected chi connectivity index (χ3v) is 5.20. The van der Waals surface area contributed by atoms with Gasteiger partial charge in [-0.15, -0.1) is 0 Å². The molecule has 1 aromatic carbocycles. The molecule has 0 radical (unpaired) electrons. The Kier molecular flexibility index (Phi) is 5.70. The lowest BCUT2D eigenvalue weighted by Crippen LogP contribution is -2.49. The van der Waals surface area contributed by atoms with Crippen LogP contribution in [0.1, 0.15) is 22.8 Å². The summed E-state index contributed by atoms with van der Waals surface area (Å²) in [6, 6.07) is 16.0. The number of piperazine rings is 1. The van der Waals surface area contributed by atoms with Gasteiger partial charge in [-0.25, -0.2) is 4.98 Å². The van der Waals surface area contributed by atoms with Crippen molar-refractivity contribution in [3.8, 4) is 0 Å². The molecule has 148 valence electrons. The highest BCUT2D eigenvalue weighted by Crippen LogP contribution is 2.22. The third-order valence-electron chi connectivity index (χ3n) is 5.20. The molecule has 2 aromatic heterocycles. The lowest BCUT2D eigenvalue weighted by atomic mass is 10.1. The van der Waals surface area contributed by atoms with Crippen LogP contribution < -0.4 is 10.2 Å². The molecule has 0 atom stereocenters. The molecule has 0 unspecified atom stereocenters. The van der Waals surface area contributed by atoms with E-state index in [0.29, 0.717) is 18.7 Å². The van der Waals surface area contributed by atoms with E-state index in [1.165, 1.54) is 5.56 Å². The van der Waals surface area contributed by atoms with Gasteiger partial charge in [0.2, 0.25) is 0 Å². The first-order valence-electron chi connectivity index (χ1n) is 10.00. The summed E-state index contributed by atoms with van der Waals surface area (Å²) in [5.74, 6) is 0.979. The summed E-state index contributed by atoms with van der Waals surface area (Å²) in [6.07, 6.45) is 6.14. The molecule has 6 nitrogen and oxygen atoms in total. The van der Waals surface area contributed by atoms with E-state index in [1.807, 2.05) is 47.4 Å². The minimum atomic E-state index is 0.0191. The monoisotopic (exact) mass is 387 g/mol. The van der Waals surface area contributed by atoms with Gasteiger partial charge in [-0.05, 0) is 36.2 Å². The van der Waals surface area contributed by atoms with Crippen molar-refractivity contribution >= 4 is 23.1 Å². The molecule has 4 rings (SSSR count). The van der Waals surface area contributed by atoms with E-state index in [1.54, 1.807) is 18.6 Å². The number of carbonyl (C=O) groups is 1. The van der Waals surface area contributed by atoms with Gasteiger partial charge in [-0.2, -0.15) is 0 Å². The number of benzene rings is 1. The van der Waals surface area contributed by atoms with Crippen LogP contribution in [-0.4, -0.2) is 47.0 Å². The number of aromatic nitrogens is 2. The van der Waals surface area contributed by atoms with Gasteiger partial charge in [0.1, 0.15) is 5.82 Å². The van der Waals surface area contributed by atoms with Gasteiger partial charge in [-0.3, -0.25) is 9.78 Å². The molecule has 0 bridgehead atoms. The summed E-state index contributed by atoms with van der Waals surface area (Å²) in [5.41, 5.74) is 3.71. The van der Waals surface area contributed by atoms with Crippen LogP contribution in [0, 0.1) is 0 Å². The molecule has 1 saturated heterocycles. The van der Waals surface area contributed by atoms with E-state index in [-0.39, 0.29) is 5.91 Å². The van der Waals surface area contributed by atoms with Gasteiger partial charge in [0.15, 0.2) is 0 Å². The van der Waals surface area contributed by atoms with Crippen molar-refractivity contribution < 1.29 is 4.79 Å². The van der Waals surface area contributed by atoms with Crippen molar-refractivity contribution in [1.29, 1.82) is 0 Å². The van der Waals surface area contributed by atoms with Crippen molar-refractivity contribution in [3.63, 3.8) is 0 Å². The maximum Gasteiger partial charge on any atom is 0.255 e. The zero-order valence-electron chi connectivity index (χ0n) is 16.6. The first-order chi connectivity index (χ1) is 14.2. The molecule has 6 heteroatoms. The Hall–Kier alpha value is -3.41. The molecule has 1 aliphatic rings. The van der Waals surface area contributed by atoms with Gasteiger partial charge in [-0.1, -0.05) is 31.2 Å². The summed E-state index contributed by atoms with van der Waals surface area (Å²) in [5, 5.41) is 3.40. The van der Waals surface area contributed by atoms with Crippen LogP contribution in [0.2, 0.25) is 0 Å². The Labute approximate surface area is 171 Å². The first kappa shape index (κ1) is 18.9. The Morgan fingerprint density at radius 2 is 1.83 bits per heavy atom. The van der Waals surface area contributed by atoms with Crippen molar-refractivity contribution in [2.24, 2.45) is 0 Å². The van der Waals surface area contributed by atoms with Crippen molar-refractivity contribution in [1.82, 2.24) is 14.9 Å². The number of anilines is 3. The molecule has 3 aromatic rings. The quantitative estimate of drug-likeness (QED) is 0.723. The van der Waals surface area contributed by atoms with E-state index in [0.717, 1.165) is 36.7 Å². The molecule has 0 saturated carbocycles. The number of rotatable bonds is 5. The van der Waals surface area contributed by atoms with Gasteiger partial charge in [0.25, 0.3) is 5.91 Å². The fraction of sp³-hybridized carbons (Fsp3) is 0.261. The number of hydrogen-bond acceptors (Lipinski definition) is 5. The lowest BCUT2D eigenvalue weighted by Gasteiger charge is -2.35. The van der Waals surface area contributed by atoms with Crippen LogP contribution in [-0.2, 0) is 6.42 Å². The Morgan fingerprint density at radius 1 is 1.03 bits per heavy atom. The molecule has 1 fully saturated rings. The minimum absolute atomic E-state index is 0.0191. The Bertz CT molecular complexity index is 968. The number of nitrogens with one attached hydrogen (secondary N) is 1. The second-order valence-electron chi connectivity index (χ2n) is 7.07. The standard InChI is InChI=1S/C23H25N5O/c1-2-18-7-3-4-8-21(18)26-20-15-19(16-24-17-20)23(29)28-13-11-27(12-14-28)22-9-5-6-10-25-22/h3-10,15-17,26H,2,11-14H2,1H3. The second-order valence-corrected chi connectivity index (χ2v) is 7.07. The van der Waals surface area contributed by atoms with Crippen molar-refractivity contribution in [3.05, 3.63) is 78.2 Å². The maximum atomic E-state index is 13.0. The molecule has 1 N–H and O–H groups in total. The van der Waals surface area contributed by atoms with Crippen molar-refractivity contribution in [2.75, 3.05) is 36.4 Å². The molecule has 1 amide bonds. The molecule has 0 spiro atoms. The predicted molar refractivity (Wildman–Crippen MR) is 116 cm³/mol. The lowest BCUT2D eigenvalue weighted by molar-refractivity contribution is 0.0746. The van der Waals surface area contributed by atoms with Crippen molar-refractivity contribution in [2.45, 2.75) is 13.3 Å². The number of aryl methyl sites for hydroxylation is 1. The SMILES string of the molecule is CCc1ccccc1Nc1cncc(C(=O)N2CCN(c3ccccn3)CC2)c1. The van der Waals surface area contributed by atoms with Crippen LogP contribution >= 0.6 is 0 Å². The van der Waals surface area contributed by atoms with Gasteiger partial charge >= 0.3 is 0 Å². The van der Waals surface area contributed by atoms with Gasteiger partial charge in [0.05, 0.1) is 17.4 Å². The fourth-order valence-corrected chi connectivity index (χ4v) is 3.59.